The van der Waals surface area contributed by atoms with Crippen LogP contribution in [0.2, 0.25) is 0 Å². The molecule has 0 saturated carbocycles. The number of carbonyl (C=O) groups excluding carboxylic acids is 1. The lowest BCUT2D eigenvalue weighted by molar-refractivity contribution is -0.116. The van der Waals surface area contributed by atoms with Gasteiger partial charge in [0.2, 0.25) is 5.91 Å². The molecule has 0 aliphatic carbocycles. The van der Waals surface area contributed by atoms with Crippen LogP contribution >= 0.6 is 0 Å². The maximum atomic E-state index is 12.5. The second-order valence-corrected chi connectivity index (χ2v) is 6.54. The number of aromatic nitrogens is 4. The lowest BCUT2D eigenvalue weighted by atomic mass is 10.1. The molecule has 4 aromatic rings. The van der Waals surface area contributed by atoms with Crippen LogP contribution in [0, 0.1) is 0 Å². The van der Waals surface area contributed by atoms with Crippen molar-refractivity contribution >= 4 is 11.6 Å². The highest BCUT2D eigenvalue weighted by molar-refractivity contribution is 5.91. The summed E-state index contributed by atoms with van der Waals surface area (Å²) in [6, 6.07) is 19.6. The van der Waals surface area contributed by atoms with Gasteiger partial charge in [-0.05, 0) is 41.8 Å². The second-order valence-electron chi connectivity index (χ2n) is 6.54. The van der Waals surface area contributed by atoms with Crippen LogP contribution in [-0.2, 0) is 17.8 Å². The first-order chi connectivity index (χ1) is 13.8. The number of nitrogens with zero attached hydrogens (tertiary/aromatic N) is 4. The van der Waals surface area contributed by atoms with E-state index in [1.54, 1.807) is 6.20 Å². The van der Waals surface area contributed by atoms with Gasteiger partial charge in [-0.2, -0.15) is 10.2 Å². The Hall–Kier alpha value is -3.67. The van der Waals surface area contributed by atoms with E-state index in [-0.39, 0.29) is 5.91 Å². The molecule has 0 atom stereocenters. The van der Waals surface area contributed by atoms with E-state index >= 15 is 0 Å². The molecule has 0 bridgehead atoms. The van der Waals surface area contributed by atoms with Crippen molar-refractivity contribution in [3.05, 3.63) is 96.6 Å². The van der Waals surface area contributed by atoms with E-state index in [0.717, 1.165) is 22.5 Å². The van der Waals surface area contributed by atoms with Crippen molar-refractivity contribution in [2.24, 2.45) is 0 Å². The Bertz CT molecular complexity index is 1040. The zero-order chi connectivity index (χ0) is 19.2. The minimum Gasteiger partial charge on any atom is -0.326 e. The Labute approximate surface area is 163 Å². The van der Waals surface area contributed by atoms with Crippen LogP contribution in [0.3, 0.4) is 0 Å². The third-order valence-corrected chi connectivity index (χ3v) is 4.48. The van der Waals surface area contributed by atoms with Crippen molar-refractivity contribution in [3.63, 3.8) is 0 Å². The highest BCUT2D eigenvalue weighted by atomic mass is 16.1. The summed E-state index contributed by atoms with van der Waals surface area (Å²) in [7, 11) is 0. The number of hydrogen-bond donors (Lipinski definition) is 1. The molecule has 2 aromatic carbocycles. The molecule has 6 heteroatoms. The molecule has 0 saturated heterocycles. The number of aryl methyl sites for hydroxylation is 1. The molecule has 2 heterocycles. The highest BCUT2D eigenvalue weighted by Gasteiger charge is 2.09. The molecular formula is C22H21N5O. The molecule has 6 nitrogen and oxygen atoms in total. The van der Waals surface area contributed by atoms with Gasteiger partial charge < -0.3 is 5.32 Å². The summed E-state index contributed by atoms with van der Waals surface area (Å²) in [4.78, 5) is 12.5. The standard InChI is InChI=1S/C22H21N5O/c28-22(12-11-18-15-24-27(16-18)20-8-2-1-3-9-20)25-21-10-5-4-7-19(21)17-26-14-6-13-23-26/h1-10,13-16H,11-12,17H2,(H,25,28). The Balaban J connectivity index is 1.36. The molecule has 0 aliphatic heterocycles. The Morgan fingerprint density at radius 3 is 2.61 bits per heavy atom. The summed E-state index contributed by atoms with van der Waals surface area (Å²) in [6.07, 6.45) is 8.47. The average molecular weight is 371 g/mol. The fraction of sp³-hybridized carbons (Fsp3) is 0.136. The van der Waals surface area contributed by atoms with Crippen molar-refractivity contribution in [3.8, 4) is 5.69 Å². The molecule has 1 N–H and O–H groups in total. The van der Waals surface area contributed by atoms with Crippen LogP contribution in [0.1, 0.15) is 17.5 Å². The molecule has 140 valence electrons. The van der Waals surface area contributed by atoms with E-state index in [2.05, 4.69) is 15.5 Å². The minimum absolute atomic E-state index is 0.0135. The van der Waals surface area contributed by atoms with Gasteiger partial charge in [0.15, 0.2) is 0 Å². The molecule has 4 rings (SSSR count). The van der Waals surface area contributed by atoms with Gasteiger partial charge in [0.1, 0.15) is 0 Å². The smallest absolute Gasteiger partial charge is 0.224 e. The number of rotatable bonds is 7. The Morgan fingerprint density at radius 2 is 1.79 bits per heavy atom. The fourth-order valence-corrected chi connectivity index (χ4v) is 3.03. The van der Waals surface area contributed by atoms with E-state index in [1.165, 1.54) is 0 Å². The van der Waals surface area contributed by atoms with E-state index < -0.39 is 0 Å². The monoisotopic (exact) mass is 371 g/mol. The average Bonchev–Trinajstić information content (AvgIpc) is 3.41. The van der Waals surface area contributed by atoms with Gasteiger partial charge in [-0.1, -0.05) is 36.4 Å². The van der Waals surface area contributed by atoms with Crippen LogP contribution < -0.4 is 5.32 Å². The summed E-state index contributed by atoms with van der Waals surface area (Å²) in [5.41, 5.74) is 3.88. The van der Waals surface area contributed by atoms with Crippen molar-refractivity contribution in [1.29, 1.82) is 0 Å². The topological polar surface area (TPSA) is 64.7 Å². The number of nitrogens with one attached hydrogen (secondary N) is 1. The largest absolute Gasteiger partial charge is 0.326 e. The van der Waals surface area contributed by atoms with Crippen molar-refractivity contribution < 1.29 is 4.79 Å². The van der Waals surface area contributed by atoms with Gasteiger partial charge >= 0.3 is 0 Å². The van der Waals surface area contributed by atoms with Crippen molar-refractivity contribution in [1.82, 2.24) is 19.6 Å². The molecule has 28 heavy (non-hydrogen) atoms. The summed E-state index contributed by atoms with van der Waals surface area (Å²) < 4.78 is 3.66. The zero-order valence-corrected chi connectivity index (χ0v) is 15.4. The van der Waals surface area contributed by atoms with Crippen LogP contribution in [0.15, 0.2) is 85.5 Å². The van der Waals surface area contributed by atoms with Crippen LogP contribution in [0.4, 0.5) is 5.69 Å². The third kappa shape index (κ3) is 4.35. The normalized spacial score (nSPS) is 10.7. The summed E-state index contributed by atoms with van der Waals surface area (Å²) in [5, 5.41) is 11.6. The van der Waals surface area contributed by atoms with Gasteiger partial charge in [-0.15, -0.1) is 0 Å². The number of benzene rings is 2. The zero-order valence-electron chi connectivity index (χ0n) is 15.4. The van der Waals surface area contributed by atoms with Gasteiger partial charge in [0.05, 0.1) is 18.4 Å². The van der Waals surface area contributed by atoms with Crippen LogP contribution in [0.25, 0.3) is 5.69 Å². The van der Waals surface area contributed by atoms with E-state index in [1.807, 2.05) is 88.6 Å². The number of anilines is 1. The summed E-state index contributed by atoms with van der Waals surface area (Å²) >= 11 is 0. The fourth-order valence-electron chi connectivity index (χ4n) is 3.03. The molecule has 0 spiro atoms. The second kappa shape index (κ2) is 8.35. The first kappa shape index (κ1) is 17.7. The maximum absolute atomic E-state index is 12.5. The van der Waals surface area contributed by atoms with E-state index in [9.17, 15) is 4.79 Å². The van der Waals surface area contributed by atoms with Crippen LogP contribution in [-0.4, -0.2) is 25.5 Å². The highest BCUT2D eigenvalue weighted by Crippen LogP contribution is 2.17. The van der Waals surface area contributed by atoms with Gasteiger partial charge in [-0.25, -0.2) is 4.68 Å². The quantitative estimate of drug-likeness (QED) is 0.539. The predicted octanol–water partition coefficient (Wildman–Crippen LogP) is 3.69. The molecule has 0 radical (unpaired) electrons. The molecule has 0 fully saturated rings. The van der Waals surface area contributed by atoms with E-state index in [4.69, 9.17) is 0 Å². The van der Waals surface area contributed by atoms with Crippen LogP contribution in [0.5, 0.6) is 0 Å². The van der Waals surface area contributed by atoms with Crippen molar-refractivity contribution in [2.75, 3.05) is 5.32 Å². The summed E-state index contributed by atoms with van der Waals surface area (Å²) in [5.74, 6) is -0.0135. The first-order valence-corrected chi connectivity index (χ1v) is 9.22. The third-order valence-electron chi connectivity index (χ3n) is 4.48. The molecular weight excluding hydrogens is 350 g/mol. The van der Waals surface area contributed by atoms with Gasteiger partial charge in [0.25, 0.3) is 0 Å². The minimum atomic E-state index is -0.0135. The molecule has 0 aliphatic rings. The number of carbonyl (C=O) groups is 1. The van der Waals surface area contributed by atoms with E-state index in [0.29, 0.717) is 19.4 Å². The summed E-state index contributed by atoms with van der Waals surface area (Å²) in [6.45, 7) is 0.618. The molecule has 2 aromatic heterocycles. The predicted molar refractivity (Wildman–Crippen MR) is 108 cm³/mol. The Morgan fingerprint density at radius 1 is 0.964 bits per heavy atom. The number of amides is 1. The number of para-hydroxylation sites is 2. The van der Waals surface area contributed by atoms with Gasteiger partial charge in [-0.3, -0.25) is 9.48 Å². The first-order valence-electron chi connectivity index (χ1n) is 9.22. The molecule has 1 amide bonds. The maximum Gasteiger partial charge on any atom is 0.224 e. The van der Waals surface area contributed by atoms with Crippen molar-refractivity contribution in [2.45, 2.75) is 19.4 Å². The van der Waals surface area contributed by atoms with Gasteiger partial charge in [0, 0.05) is 30.7 Å². The SMILES string of the molecule is O=C(CCc1cnn(-c2ccccc2)c1)Nc1ccccc1Cn1cccn1. The number of hydrogen-bond acceptors (Lipinski definition) is 3. The molecule has 0 unspecified atom stereocenters. The Kier molecular flexibility index (Phi) is 5.29. The lowest BCUT2D eigenvalue weighted by Crippen LogP contribution is -2.14. The lowest BCUT2D eigenvalue weighted by Gasteiger charge is -2.11.